The Bertz CT molecular complexity index is 225. The van der Waals surface area contributed by atoms with E-state index in [4.69, 9.17) is 5.11 Å². The van der Waals surface area contributed by atoms with E-state index in [1.165, 1.54) is 25.9 Å². The van der Waals surface area contributed by atoms with Gasteiger partial charge >= 0.3 is 0 Å². The van der Waals surface area contributed by atoms with Crippen LogP contribution in [0, 0.1) is 11.3 Å². The molecule has 1 saturated heterocycles. The number of likely N-dealkylation sites (tertiary alicyclic amines) is 1. The first-order valence-corrected chi connectivity index (χ1v) is 7.51. The SMILES string of the molecule is CCN1CC(CC(C)(C)C)CC(NCCCO)C1. The van der Waals surface area contributed by atoms with Crippen LogP contribution >= 0.6 is 0 Å². The third kappa shape index (κ3) is 6.17. The molecular weight excluding hydrogens is 224 g/mol. The van der Waals surface area contributed by atoms with Gasteiger partial charge in [0.1, 0.15) is 0 Å². The van der Waals surface area contributed by atoms with Crippen molar-refractivity contribution < 1.29 is 5.11 Å². The van der Waals surface area contributed by atoms with E-state index in [1.54, 1.807) is 0 Å². The van der Waals surface area contributed by atoms with Crippen molar-refractivity contribution in [3.8, 4) is 0 Å². The highest BCUT2D eigenvalue weighted by atomic mass is 16.3. The van der Waals surface area contributed by atoms with Crippen LogP contribution < -0.4 is 5.32 Å². The molecule has 0 amide bonds. The zero-order valence-electron chi connectivity index (χ0n) is 12.7. The van der Waals surface area contributed by atoms with Crippen LogP contribution in [0.1, 0.15) is 47.0 Å². The van der Waals surface area contributed by atoms with Crippen LogP contribution in [0.3, 0.4) is 0 Å². The normalized spacial score (nSPS) is 26.5. The van der Waals surface area contributed by atoms with E-state index in [-0.39, 0.29) is 0 Å². The Morgan fingerprint density at radius 2 is 2.00 bits per heavy atom. The Hall–Kier alpha value is -0.120. The summed E-state index contributed by atoms with van der Waals surface area (Å²) in [5.41, 5.74) is 0.428. The van der Waals surface area contributed by atoms with Gasteiger partial charge in [0.2, 0.25) is 0 Å². The van der Waals surface area contributed by atoms with E-state index < -0.39 is 0 Å². The maximum Gasteiger partial charge on any atom is 0.0443 e. The van der Waals surface area contributed by atoms with Gasteiger partial charge in [0, 0.05) is 25.7 Å². The van der Waals surface area contributed by atoms with E-state index >= 15 is 0 Å². The fraction of sp³-hybridized carbons (Fsp3) is 1.00. The first kappa shape index (κ1) is 15.9. The molecule has 0 aromatic carbocycles. The van der Waals surface area contributed by atoms with Crippen molar-refractivity contribution in [1.82, 2.24) is 10.2 Å². The molecule has 3 heteroatoms. The van der Waals surface area contributed by atoms with E-state index in [2.05, 4.69) is 37.9 Å². The van der Waals surface area contributed by atoms with E-state index in [0.29, 0.717) is 18.1 Å². The number of hydrogen-bond acceptors (Lipinski definition) is 3. The first-order chi connectivity index (χ1) is 8.44. The predicted molar refractivity (Wildman–Crippen MR) is 77.8 cm³/mol. The number of piperidine rings is 1. The van der Waals surface area contributed by atoms with Gasteiger partial charge in [-0.3, -0.25) is 0 Å². The highest BCUT2D eigenvalue weighted by Crippen LogP contribution is 2.30. The van der Waals surface area contributed by atoms with Crippen LogP contribution in [-0.4, -0.2) is 48.8 Å². The molecule has 108 valence electrons. The molecule has 0 saturated carbocycles. The van der Waals surface area contributed by atoms with E-state index in [9.17, 15) is 0 Å². The summed E-state index contributed by atoms with van der Waals surface area (Å²) in [4.78, 5) is 2.57. The lowest BCUT2D eigenvalue weighted by atomic mass is 9.80. The Kier molecular flexibility index (Phi) is 6.61. The summed E-state index contributed by atoms with van der Waals surface area (Å²) in [6, 6.07) is 0.609. The molecule has 0 aromatic rings. The van der Waals surface area contributed by atoms with Crippen LogP contribution in [0.5, 0.6) is 0 Å². The van der Waals surface area contributed by atoms with E-state index in [1.807, 2.05) is 0 Å². The molecule has 0 bridgehead atoms. The van der Waals surface area contributed by atoms with Crippen molar-refractivity contribution >= 4 is 0 Å². The molecule has 0 spiro atoms. The fourth-order valence-corrected chi connectivity index (χ4v) is 3.11. The van der Waals surface area contributed by atoms with Gasteiger partial charge < -0.3 is 15.3 Å². The van der Waals surface area contributed by atoms with Gasteiger partial charge in [0.15, 0.2) is 0 Å². The maximum atomic E-state index is 8.85. The topological polar surface area (TPSA) is 35.5 Å². The minimum Gasteiger partial charge on any atom is -0.396 e. The highest BCUT2D eigenvalue weighted by Gasteiger charge is 2.28. The average molecular weight is 256 g/mol. The number of rotatable bonds is 6. The van der Waals surface area contributed by atoms with E-state index in [0.717, 1.165) is 25.4 Å². The molecule has 2 N–H and O–H groups in total. The predicted octanol–water partition coefficient (Wildman–Crippen LogP) is 2.11. The summed E-state index contributed by atoms with van der Waals surface area (Å²) in [6.07, 6.45) is 3.47. The number of nitrogens with one attached hydrogen (secondary N) is 1. The second kappa shape index (κ2) is 7.46. The van der Waals surface area contributed by atoms with Crippen molar-refractivity contribution in [3.63, 3.8) is 0 Å². The van der Waals surface area contributed by atoms with Crippen molar-refractivity contribution in [2.24, 2.45) is 11.3 Å². The second-order valence-electron chi connectivity index (χ2n) is 6.95. The molecule has 1 heterocycles. The maximum absolute atomic E-state index is 8.85. The molecule has 0 aliphatic carbocycles. The van der Waals surface area contributed by atoms with Gasteiger partial charge in [0.25, 0.3) is 0 Å². The Labute approximate surface area is 113 Å². The molecule has 3 nitrogen and oxygen atoms in total. The van der Waals surface area contributed by atoms with Gasteiger partial charge in [-0.05, 0) is 43.7 Å². The Morgan fingerprint density at radius 1 is 1.28 bits per heavy atom. The third-order valence-electron chi connectivity index (χ3n) is 3.73. The lowest BCUT2D eigenvalue weighted by molar-refractivity contribution is 0.117. The van der Waals surface area contributed by atoms with Crippen LogP contribution in [0.4, 0.5) is 0 Å². The molecular formula is C15H32N2O. The summed E-state index contributed by atoms with van der Waals surface area (Å²) in [5.74, 6) is 0.810. The van der Waals surface area contributed by atoms with Crippen molar-refractivity contribution in [1.29, 1.82) is 0 Å². The average Bonchev–Trinajstić information content (AvgIpc) is 2.26. The quantitative estimate of drug-likeness (QED) is 0.715. The Balaban J connectivity index is 2.44. The van der Waals surface area contributed by atoms with Crippen molar-refractivity contribution in [3.05, 3.63) is 0 Å². The monoisotopic (exact) mass is 256 g/mol. The third-order valence-corrected chi connectivity index (χ3v) is 3.73. The number of likely N-dealkylation sites (N-methyl/N-ethyl adjacent to an activating group) is 1. The van der Waals surface area contributed by atoms with Crippen LogP contribution in [-0.2, 0) is 0 Å². The zero-order chi connectivity index (χ0) is 13.6. The second-order valence-corrected chi connectivity index (χ2v) is 6.95. The number of hydrogen-bond donors (Lipinski definition) is 2. The Morgan fingerprint density at radius 3 is 2.56 bits per heavy atom. The summed E-state index contributed by atoms with van der Waals surface area (Å²) >= 11 is 0. The molecule has 1 aliphatic heterocycles. The summed E-state index contributed by atoms with van der Waals surface area (Å²) < 4.78 is 0. The highest BCUT2D eigenvalue weighted by molar-refractivity contribution is 4.85. The minimum atomic E-state index is 0.294. The summed E-state index contributed by atoms with van der Waals surface area (Å²) in [6.45, 7) is 14.1. The first-order valence-electron chi connectivity index (χ1n) is 7.51. The van der Waals surface area contributed by atoms with Gasteiger partial charge in [-0.15, -0.1) is 0 Å². The fourth-order valence-electron chi connectivity index (χ4n) is 3.11. The standard InChI is InChI=1S/C15H32N2O/c1-5-17-11-13(10-15(2,3)4)9-14(12-17)16-7-6-8-18/h13-14,16,18H,5-12H2,1-4H3. The molecule has 1 fully saturated rings. The lowest BCUT2D eigenvalue weighted by Gasteiger charge is -2.40. The number of nitrogens with zero attached hydrogens (tertiary/aromatic N) is 1. The molecule has 1 rings (SSSR count). The van der Waals surface area contributed by atoms with Gasteiger partial charge in [-0.25, -0.2) is 0 Å². The summed E-state index contributed by atoms with van der Waals surface area (Å²) in [5, 5.41) is 12.4. The zero-order valence-corrected chi connectivity index (χ0v) is 12.7. The van der Waals surface area contributed by atoms with Crippen LogP contribution in [0.25, 0.3) is 0 Å². The molecule has 18 heavy (non-hydrogen) atoms. The molecule has 0 aromatic heterocycles. The van der Waals surface area contributed by atoms with Gasteiger partial charge in [-0.1, -0.05) is 27.7 Å². The molecule has 1 aliphatic rings. The van der Waals surface area contributed by atoms with Crippen LogP contribution in [0.2, 0.25) is 0 Å². The molecule has 2 unspecified atom stereocenters. The number of aliphatic hydroxyl groups excluding tert-OH is 1. The largest absolute Gasteiger partial charge is 0.396 e. The smallest absolute Gasteiger partial charge is 0.0443 e. The van der Waals surface area contributed by atoms with Crippen molar-refractivity contribution in [2.45, 2.75) is 53.0 Å². The minimum absolute atomic E-state index is 0.294. The number of aliphatic hydroxyl groups is 1. The van der Waals surface area contributed by atoms with Crippen LogP contribution in [0.15, 0.2) is 0 Å². The lowest BCUT2D eigenvalue weighted by Crippen LogP contribution is -2.49. The van der Waals surface area contributed by atoms with Gasteiger partial charge in [-0.2, -0.15) is 0 Å². The van der Waals surface area contributed by atoms with Crippen molar-refractivity contribution in [2.75, 3.05) is 32.8 Å². The summed E-state index contributed by atoms with van der Waals surface area (Å²) in [7, 11) is 0. The van der Waals surface area contributed by atoms with Gasteiger partial charge in [0.05, 0.1) is 0 Å². The molecule has 0 radical (unpaired) electrons. The molecule has 2 atom stereocenters.